The monoisotopic (exact) mass is 217 g/mol. The zero-order valence-electron chi connectivity index (χ0n) is 9.56. The van der Waals surface area contributed by atoms with Crippen molar-refractivity contribution in [3.63, 3.8) is 0 Å². The average Bonchev–Trinajstić information content (AvgIpc) is 2.12. The first-order valence-corrected chi connectivity index (χ1v) is 5.33. The minimum atomic E-state index is -0.765. The summed E-state index contributed by atoms with van der Waals surface area (Å²) in [7, 11) is 0. The van der Waals surface area contributed by atoms with Crippen LogP contribution in [0.1, 0.15) is 46.5 Å². The molecule has 0 amide bonds. The van der Waals surface area contributed by atoms with Gasteiger partial charge >= 0.3 is 5.97 Å². The van der Waals surface area contributed by atoms with Crippen molar-refractivity contribution < 1.29 is 14.5 Å². The van der Waals surface area contributed by atoms with E-state index in [2.05, 4.69) is 0 Å². The van der Waals surface area contributed by atoms with Gasteiger partial charge in [0.05, 0.1) is 0 Å². The topological polar surface area (TPSA) is 69.4 Å². The molecule has 0 heterocycles. The highest BCUT2D eigenvalue weighted by atomic mass is 16.6. The molecule has 0 aliphatic rings. The lowest BCUT2D eigenvalue weighted by atomic mass is 10.0. The fourth-order valence-corrected chi connectivity index (χ4v) is 1.55. The van der Waals surface area contributed by atoms with Crippen molar-refractivity contribution in [1.82, 2.24) is 0 Å². The third kappa shape index (κ3) is 5.34. The molecule has 2 unspecified atom stereocenters. The van der Waals surface area contributed by atoms with E-state index >= 15 is 0 Å². The molecule has 0 fully saturated rings. The minimum absolute atomic E-state index is 0.341. The quantitative estimate of drug-likeness (QED) is 0.372. The van der Waals surface area contributed by atoms with E-state index in [1.807, 2.05) is 13.8 Å². The Bertz CT molecular complexity index is 217. The molecule has 0 bridgehead atoms. The number of carbonyl (C=O) groups is 1. The largest absolute Gasteiger partial charge is 0.455 e. The molecule has 0 N–H and O–H groups in total. The maximum atomic E-state index is 10.8. The van der Waals surface area contributed by atoms with Gasteiger partial charge in [-0.15, -0.1) is 0 Å². The Hall–Kier alpha value is -1.13. The van der Waals surface area contributed by atoms with Crippen LogP contribution in [0.3, 0.4) is 0 Å². The zero-order chi connectivity index (χ0) is 11.8. The Labute approximate surface area is 90.0 Å². The molecule has 15 heavy (non-hydrogen) atoms. The van der Waals surface area contributed by atoms with Crippen LogP contribution in [0, 0.1) is 10.1 Å². The van der Waals surface area contributed by atoms with Gasteiger partial charge in [0.25, 0.3) is 0 Å². The van der Waals surface area contributed by atoms with Crippen molar-refractivity contribution in [1.29, 1.82) is 0 Å². The van der Waals surface area contributed by atoms with Crippen LogP contribution in [-0.4, -0.2) is 23.0 Å². The van der Waals surface area contributed by atoms with Gasteiger partial charge in [-0.3, -0.25) is 14.9 Å². The molecular weight excluding hydrogens is 198 g/mol. The second kappa shape index (κ2) is 7.20. The summed E-state index contributed by atoms with van der Waals surface area (Å²) in [5.74, 6) is -0.448. The Morgan fingerprint density at radius 1 is 1.33 bits per heavy atom. The van der Waals surface area contributed by atoms with Gasteiger partial charge in [0.2, 0.25) is 6.04 Å². The molecule has 5 nitrogen and oxygen atoms in total. The van der Waals surface area contributed by atoms with E-state index < -0.39 is 18.1 Å². The Morgan fingerprint density at radius 2 is 1.87 bits per heavy atom. The normalized spacial score (nSPS) is 14.3. The van der Waals surface area contributed by atoms with E-state index in [4.69, 9.17) is 4.74 Å². The van der Waals surface area contributed by atoms with Crippen molar-refractivity contribution >= 4 is 5.97 Å². The summed E-state index contributed by atoms with van der Waals surface area (Å²) in [6.07, 6.45) is 1.90. The molecular formula is C10H19NO4. The summed E-state index contributed by atoms with van der Waals surface area (Å²) in [5.41, 5.74) is 0. The van der Waals surface area contributed by atoms with E-state index in [9.17, 15) is 14.9 Å². The highest BCUT2D eigenvalue weighted by Gasteiger charge is 2.32. The average molecular weight is 217 g/mol. The van der Waals surface area contributed by atoms with Gasteiger partial charge in [0, 0.05) is 18.3 Å². The van der Waals surface area contributed by atoms with E-state index in [-0.39, 0.29) is 4.92 Å². The van der Waals surface area contributed by atoms with Crippen LogP contribution in [-0.2, 0) is 9.53 Å². The number of rotatable bonds is 7. The number of esters is 1. The van der Waals surface area contributed by atoms with Gasteiger partial charge in [-0.25, -0.2) is 0 Å². The Morgan fingerprint density at radius 3 is 2.20 bits per heavy atom. The predicted molar refractivity (Wildman–Crippen MR) is 56.2 cm³/mol. The highest BCUT2D eigenvalue weighted by molar-refractivity contribution is 5.66. The second-order valence-corrected chi connectivity index (χ2v) is 3.58. The standard InChI is InChI=1S/C10H19NO4/c1-4-6-9(11(13)14)10(7-5-2)15-8(3)12/h9-10H,4-7H2,1-3H3. The maximum absolute atomic E-state index is 10.8. The lowest BCUT2D eigenvalue weighted by Gasteiger charge is -2.19. The zero-order valence-corrected chi connectivity index (χ0v) is 9.56. The molecule has 0 aromatic rings. The van der Waals surface area contributed by atoms with Gasteiger partial charge in [0.15, 0.2) is 6.10 Å². The van der Waals surface area contributed by atoms with Crippen molar-refractivity contribution in [3.8, 4) is 0 Å². The summed E-state index contributed by atoms with van der Waals surface area (Å²) in [4.78, 5) is 21.3. The second-order valence-electron chi connectivity index (χ2n) is 3.58. The van der Waals surface area contributed by atoms with E-state index in [1.54, 1.807) is 0 Å². The fraction of sp³-hybridized carbons (Fsp3) is 0.900. The molecule has 0 aliphatic carbocycles. The Kier molecular flexibility index (Phi) is 6.66. The first kappa shape index (κ1) is 13.9. The van der Waals surface area contributed by atoms with Crippen LogP contribution >= 0.6 is 0 Å². The van der Waals surface area contributed by atoms with Crippen molar-refractivity contribution in [3.05, 3.63) is 10.1 Å². The highest BCUT2D eigenvalue weighted by Crippen LogP contribution is 2.15. The van der Waals surface area contributed by atoms with Crippen molar-refractivity contribution in [2.24, 2.45) is 0 Å². The summed E-state index contributed by atoms with van der Waals surface area (Å²) >= 11 is 0. The van der Waals surface area contributed by atoms with Crippen molar-refractivity contribution in [2.45, 2.75) is 58.6 Å². The molecule has 2 atom stereocenters. The third-order valence-corrected chi connectivity index (χ3v) is 2.17. The lowest BCUT2D eigenvalue weighted by Crippen LogP contribution is -2.36. The smallest absolute Gasteiger partial charge is 0.303 e. The maximum Gasteiger partial charge on any atom is 0.303 e. The van der Waals surface area contributed by atoms with E-state index in [0.29, 0.717) is 19.3 Å². The molecule has 0 saturated heterocycles. The van der Waals surface area contributed by atoms with Crippen LogP contribution in [0.25, 0.3) is 0 Å². The first-order chi connectivity index (χ1) is 7.02. The van der Waals surface area contributed by atoms with Crippen LogP contribution in [0.4, 0.5) is 0 Å². The molecule has 0 spiro atoms. The summed E-state index contributed by atoms with van der Waals surface area (Å²) in [6, 6.07) is -0.765. The number of hydrogen-bond acceptors (Lipinski definition) is 4. The number of ether oxygens (including phenoxy) is 1. The summed E-state index contributed by atoms with van der Waals surface area (Å²) < 4.78 is 4.99. The van der Waals surface area contributed by atoms with Crippen LogP contribution in [0.2, 0.25) is 0 Å². The third-order valence-electron chi connectivity index (χ3n) is 2.17. The molecule has 0 rings (SSSR count). The molecule has 0 aliphatic heterocycles. The number of nitrogens with zero attached hydrogens (tertiary/aromatic N) is 1. The van der Waals surface area contributed by atoms with Gasteiger partial charge in [-0.05, 0) is 12.8 Å². The number of hydrogen-bond donors (Lipinski definition) is 0. The predicted octanol–water partition coefficient (Wildman–Crippen LogP) is 2.16. The SMILES string of the molecule is CCCC(OC(C)=O)C(CCC)[N+](=O)[O-]. The lowest BCUT2D eigenvalue weighted by molar-refractivity contribution is -0.535. The van der Waals surface area contributed by atoms with Gasteiger partial charge in [0.1, 0.15) is 0 Å². The van der Waals surface area contributed by atoms with Gasteiger partial charge in [-0.2, -0.15) is 0 Å². The van der Waals surface area contributed by atoms with E-state index in [1.165, 1.54) is 6.92 Å². The van der Waals surface area contributed by atoms with Crippen LogP contribution < -0.4 is 0 Å². The number of nitro groups is 1. The Balaban J connectivity index is 4.50. The molecule has 0 aromatic carbocycles. The number of carbonyl (C=O) groups excluding carboxylic acids is 1. The molecule has 88 valence electrons. The molecule has 0 radical (unpaired) electrons. The van der Waals surface area contributed by atoms with Gasteiger partial charge < -0.3 is 4.74 Å². The van der Waals surface area contributed by atoms with Crippen LogP contribution in [0.5, 0.6) is 0 Å². The van der Waals surface area contributed by atoms with Crippen LogP contribution in [0.15, 0.2) is 0 Å². The van der Waals surface area contributed by atoms with Gasteiger partial charge in [-0.1, -0.05) is 20.3 Å². The minimum Gasteiger partial charge on any atom is -0.455 e. The first-order valence-electron chi connectivity index (χ1n) is 5.33. The van der Waals surface area contributed by atoms with E-state index in [0.717, 1.165) is 6.42 Å². The fourth-order valence-electron chi connectivity index (χ4n) is 1.55. The molecule has 5 heteroatoms. The summed E-state index contributed by atoms with van der Waals surface area (Å²) in [5, 5.41) is 10.8. The molecule has 0 saturated carbocycles. The molecule has 0 aromatic heterocycles. The summed E-state index contributed by atoms with van der Waals surface area (Å²) in [6.45, 7) is 5.08. The van der Waals surface area contributed by atoms with Crippen molar-refractivity contribution in [2.75, 3.05) is 0 Å².